The van der Waals surface area contributed by atoms with Gasteiger partial charge in [-0.3, -0.25) is 4.90 Å². The fourth-order valence-corrected chi connectivity index (χ4v) is 5.15. The van der Waals surface area contributed by atoms with Crippen LogP contribution in [0.2, 0.25) is 0 Å². The van der Waals surface area contributed by atoms with E-state index in [0.717, 1.165) is 50.8 Å². The summed E-state index contributed by atoms with van der Waals surface area (Å²) in [6.07, 6.45) is 6.09. The van der Waals surface area contributed by atoms with Gasteiger partial charge in [0.2, 0.25) is 0 Å². The van der Waals surface area contributed by atoms with E-state index < -0.39 is 24.4 Å². The molecule has 2 amide bonds. The van der Waals surface area contributed by atoms with E-state index in [1.165, 1.54) is 19.3 Å². The Morgan fingerprint density at radius 1 is 0.970 bits per heavy atom. The number of amides is 2. The molecule has 1 saturated carbocycles. The maximum atomic E-state index is 13.0. The van der Waals surface area contributed by atoms with Gasteiger partial charge in [0.25, 0.3) is 0 Å². The second-order valence-electron chi connectivity index (χ2n) is 9.49. The summed E-state index contributed by atoms with van der Waals surface area (Å²) in [6, 6.07) is 9.32. The van der Waals surface area contributed by atoms with E-state index in [4.69, 9.17) is 0 Å². The van der Waals surface area contributed by atoms with Crippen LogP contribution in [0.15, 0.2) is 30.3 Å². The number of rotatable bonds is 10. The number of β-amino-alcohol motifs (C(OH)–C–C–N with tert-alkyl or cyclic N) is 1. The number of aliphatic hydroxyl groups is 4. The molecule has 0 spiro atoms. The third-order valence-corrected chi connectivity index (χ3v) is 7.11. The van der Waals surface area contributed by atoms with Crippen LogP contribution in [0.4, 0.5) is 10.5 Å². The lowest BCUT2D eigenvalue weighted by atomic mass is 9.93. The fraction of sp³-hybridized carbons (Fsp3) is 0.720. The molecular formula is C25H41N3O5. The molecule has 0 radical (unpaired) electrons. The van der Waals surface area contributed by atoms with Crippen molar-refractivity contribution in [3.8, 4) is 0 Å². The van der Waals surface area contributed by atoms with Crippen LogP contribution in [0.5, 0.6) is 0 Å². The number of piperidine rings is 1. The van der Waals surface area contributed by atoms with Crippen LogP contribution >= 0.6 is 0 Å². The van der Waals surface area contributed by atoms with Gasteiger partial charge >= 0.3 is 6.03 Å². The highest BCUT2D eigenvalue weighted by molar-refractivity contribution is 5.89. The number of likely N-dealkylation sites (tertiary alicyclic amines) is 1. The summed E-state index contributed by atoms with van der Waals surface area (Å²) in [5, 5.41) is 42.5. The monoisotopic (exact) mass is 463 g/mol. The second-order valence-corrected chi connectivity index (χ2v) is 9.49. The first kappa shape index (κ1) is 25.9. The number of urea groups is 1. The number of anilines is 1. The van der Waals surface area contributed by atoms with Gasteiger partial charge < -0.3 is 30.6 Å². The SMILES string of the molecule is O=C(Nc1ccccc1)N(CCCCCCN1C[C@H](O)[C@@H](O)[C@H](O)[C@H]1CO)C1CCCCC1. The Labute approximate surface area is 197 Å². The van der Waals surface area contributed by atoms with Gasteiger partial charge in [-0.05, 0) is 44.4 Å². The molecule has 33 heavy (non-hydrogen) atoms. The summed E-state index contributed by atoms with van der Waals surface area (Å²) in [7, 11) is 0. The quantitative estimate of drug-likeness (QED) is 0.340. The second kappa shape index (κ2) is 13.2. The molecule has 1 saturated heterocycles. The molecule has 2 fully saturated rings. The van der Waals surface area contributed by atoms with Gasteiger partial charge in [0.05, 0.1) is 18.8 Å². The molecule has 0 unspecified atom stereocenters. The van der Waals surface area contributed by atoms with E-state index in [1.54, 1.807) is 0 Å². The van der Waals surface area contributed by atoms with E-state index >= 15 is 0 Å². The van der Waals surface area contributed by atoms with Crippen LogP contribution in [-0.2, 0) is 0 Å². The Morgan fingerprint density at radius 2 is 1.67 bits per heavy atom. The Balaban J connectivity index is 1.43. The predicted molar refractivity (Wildman–Crippen MR) is 128 cm³/mol. The molecule has 0 bridgehead atoms. The summed E-state index contributed by atoms with van der Waals surface area (Å²) in [4.78, 5) is 16.9. The number of nitrogens with zero attached hydrogens (tertiary/aromatic N) is 2. The summed E-state index contributed by atoms with van der Waals surface area (Å²) < 4.78 is 0. The predicted octanol–water partition coefficient (Wildman–Crippen LogP) is 2.17. The third kappa shape index (κ3) is 7.39. The van der Waals surface area contributed by atoms with Crippen molar-refractivity contribution in [2.24, 2.45) is 0 Å². The van der Waals surface area contributed by atoms with Crippen LogP contribution in [0.1, 0.15) is 57.8 Å². The molecule has 2 aliphatic rings. The molecule has 4 atom stereocenters. The standard InChI is InChI=1S/C25H41N3O5/c29-18-21-23(31)24(32)22(30)17-27(21)15-9-1-2-10-16-28(20-13-7-4-8-14-20)25(33)26-19-11-5-3-6-12-19/h3,5-6,11-12,20-24,29-32H,1-2,4,7-10,13-18H2,(H,26,33)/t21-,22+,23-,24-/m1/s1. The van der Waals surface area contributed by atoms with E-state index in [9.17, 15) is 25.2 Å². The molecule has 1 aliphatic carbocycles. The molecule has 8 heteroatoms. The largest absolute Gasteiger partial charge is 0.395 e. The Hall–Kier alpha value is -1.71. The van der Waals surface area contributed by atoms with Crippen molar-refractivity contribution in [1.29, 1.82) is 0 Å². The zero-order chi connectivity index (χ0) is 23.6. The minimum absolute atomic E-state index is 0.0197. The first-order chi connectivity index (χ1) is 16.0. The van der Waals surface area contributed by atoms with Crippen LogP contribution in [0.25, 0.3) is 0 Å². The smallest absolute Gasteiger partial charge is 0.322 e. The molecule has 5 N–H and O–H groups in total. The van der Waals surface area contributed by atoms with Crippen molar-refractivity contribution in [1.82, 2.24) is 9.80 Å². The molecular weight excluding hydrogens is 422 g/mol. The number of benzene rings is 1. The number of hydrogen-bond acceptors (Lipinski definition) is 6. The molecule has 1 heterocycles. The number of carbonyl (C=O) groups is 1. The van der Waals surface area contributed by atoms with Gasteiger partial charge in [-0.15, -0.1) is 0 Å². The van der Waals surface area contributed by atoms with Crippen molar-refractivity contribution in [2.75, 3.05) is 31.6 Å². The maximum Gasteiger partial charge on any atom is 0.322 e. The molecule has 1 aliphatic heterocycles. The molecule has 186 valence electrons. The lowest BCUT2D eigenvalue weighted by Gasteiger charge is -2.43. The highest BCUT2D eigenvalue weighted by atomic mass is 16.4. The lowest BCUT2D eigenvalue weighted by Crippen LogP contribution is -2.62. The average Bonchev–Trinajstić information content (AvgIpc) is 2.83. The summed E-state index contributed by atoms with van der Waals surface area (Å²) in [5.74, 6) is 0. The Bertz CT molecular complexity index is 701. The average molecular weight is 464 g/mol. The summed E-state index contributed by atoms with van der Waals surface area (Å²) in [6.45, 7) is 1.37. The van der Waals surface area contributed by atoms with Gasteiger partial charge in [0, 0.05) is 24.8 Å². The first-order valence-electron chi connectivity index (χ1n) is 12.5. The first-order valence-corrected chi connectivity index (χ1v) is 12.5. The van der Waals surface area contributed by atoms with Crippen LogP contribution in [0.3, 0.4) is 0 Å². The van der Waals surface area contributed by atoms with Gasteiger partial charge in [0.1, 0.15) is 12.2 Å². The molecule has 8 nitrogen and oxygen atoms in total. The summed E-state index contributed by atoms with van der Waals surface area (Å²) >= 11 is 0. The zero-order valence-electron chi connectivity index (χ0n) is 19.6. The molecule has 1 aromatic rings. The van der Waals surface area contributed by atoms with Crippen molar-refractivity contribution in [2.45, 2.75) is 88.2 Å². The maximum absolute atomic E-state index is 13.0. The van der Waals surface area contributed by atoms with Gasteiger partial charge in [-0.2, -0.15) is 0 Å². The van der Waals surface area contributed by atoms with E-state index in [2.05, 4.69) is 5.32 Å². The van der Waals surface area contributed by atoms with Crippen molar-refractivity contribution in [3.05, 3.63) is 30.3 Å². The number of aliphatic hydroxyl groups excluding tert-OH is 4. The van der Waals surface area contributed by atoms with Crippen LogP contribution < -0.4 is 5.32 Å². The number of unbranched alkanes of at least 4 members (excludes halogenated alkanes) is 3. The van der Waals surface area contributed by atoms with Gasteiger partial charge in [0.15, 0.2) is 0 Å². The number of carbonyl (C=O) groups excluding carboxylic acids is 1. The number of hydrogen-bond donors (Lipinski definition) is 5. The number of nitrogens with one attached hydrogen (secondary N) is 1. The minimum atomic E-state index is -1.22. The third-order valence-electron chi connectivity index (χ3n) is 7.11. The van der Waals surface area contributed by atoms with Gasteiger partial charge in [-0.25, -0.2) is 4.79 Å². The normalized spacial score (nSPS) is 26.8. The van der Waals surface area contributed by atoms with Crippen molar-refractivity contribution < 1.29 is 25.2 Å². The molecule has 1 aromatic carbocycles. The van der Waals surface area contributed by atoms with Crippen LogP contribution in [-0.4, -0.2) is 92.9 Å². The fourth-order valence-electron chi connectivity index (χ4n) is 5.15. The van der Waals surface area contributed by atoms with Crippen LogP contribution in [0, 0.1) is 0 Å². The Morgan fingerprint density at radius 3 is 2.36 bits per heavy atom. The topological polar surface area (TPSA) is 117 Å². The highest BCUT2D eigenvalue weighted by Crippen LogP contribution is 2.24. The number of para-hydroxylation sites is 1. The van der Waals surface area contributed by atoms with E-state index in [0.29, 0.717) is 12.6 Å². The molecule has 3 rings (SSSR count). The van der Waals surface area contributed by atoms with E-state index in [1.807, 2.05) is 40.1 Å². The highest BCUT2D eigenvalue weighted by Gasteiger charge is 2.40. The van der Waals surface area contributed by atoms with E-state index in [-0.39, 0.29) is 19.2 Å². The van der Waals surface area contributed by atoms with Gasteiger partial charge in [-0.1, -0.05) is 50.3 Å². The zero-order valence-corrected chi connectivity index (χ0v) is 19.6. The molecule has 0 aromatic heterocycles. The van der Waals surface area contributed by atoms with Crippen molar-refractivity contribution >= 4 is 11.7 Å². The summed E-state index contributed by atoms with van der Waals surface area (Å²) in [5.41, 5.74) is 0.817. The van der Waals surface area contributed by atoms with Crippen molar-refractivity contribution in [3.63, 3.8) is 0 Å². The lowest BCUT2D eigenvalue weighted by molar-refractivity contribution is -0.145. The minimum Gasteiger partial charge on any atom is -0.395 e. The Kier molecular flexibility index (Phi) is 10.4.